The Bertz CT molecular complexity index is 275. The van der Waals surface area contributed by atoms with Crippen molar-refractivity contribution < 1.29 is 19.1 Å². The lowest BCUT2D eigenvalue weighted by atomic mass is 10.2. The number of hydrogen-bond acceptors (Lipinski definition) is 5. The number of esters is 1. The van der Waals surface area contributed by atoms with Crippen LogP contribution in [0.15, 0.2) is 0 Å². The molecule has 1 amide bonds. The lowest BCUT2D eigenvalue weighted by Gasteiger charge is -2.15. The van der Waals surface area contributed by atoms with Crippen molar-refractivity contribution in [3.63, 3.8) is 0 Å². The molecule has 7 heteroatoms. The monoisotopic (exact) mass is 266 g/mol. The highest BCUT2D eigenvalue weighted by molar-refractivity contribution is 5.86. The first-order valence-electron chi connectivity index (χ1n) is 5.32. The highest BCUT2D eigenvalue weighted by Crippen LogP contribution is 2.18. The van der Waals surface area contributed by atoms with Crippen LogP contribution in [-0.4, -0.2) is 43.8 Å². The Kier molecular flexibility index (Phi) is 7.10. The van der Waals surface area contributed by atoms with Crippen LogP contribution in [0.25, 0.3) is 0 Å². The Hall–Kier alpha value is -0.850. The molecule has 0 aromatic rings. The van der Waals surface area contributed by atoms with Crippen LogP contribution < -0.4 is 11.1 Å². The molecule has 0 saturated carbocycles. The summed E-state index contributed by atoms with van der Waals surface area (Å²) in [6, 6.07) is -0.655. The molecule has 0 bridgehead atoms. The number of methoxy groups -OCH3 is 1. The number of nitrogens with one attached hydrogen (secondary N) is 1. The van der Waals surface area contributed by atoms with Gasteiger partial charge in [0.25, 0.3) is 0 Å². The Morgan fingerprint density at radius 2 is 2.18 bits per heavy atom. The third-order valence-corrected chi connectivity index (χ3v) is 2.58. The topological polar surface area (TPSA) is 90.7 Å². The second-order valence-electron chi connectivity index (χ2n) is 3.81. The van der Waals surface area contributed by atoms with Gasteiger partial charge in [-0.25, -0.2) is 4.79 Å². The Balaban J connectivity index is 0.00000256. The standard InChI is InChI=1S/C10H18N2O4.ClH/c1-6(10(14)15-2)12-9(13)8-4-3-7(5-11)16-8;/h6-8H,3-5,11H2,1-2H3,(H,12,13);1H/t6-,7+,8-;/m0./s1. The van der Waals surface area contributed by atoms with Gasteiger partial charge in [0.05, 0.1) is 13.2 Å². The number of rotatable bonds is 4. The molecule has 1 fully saturated rings. The molecule has 1 aliphatic heterocycles. The highest BCUT2D eigenvalue weighted by atomic mass is 35.5. The molecule has 0 aliphatic carbocycles. The van der Waals surface area contributed by atoms with E-state index in [1.54, 1.807) is 6.92 Å². The predicted molar refractivity (Wildman–Crippen MR) is 63.8 cm³/mol. The summed E-state index contributed by atoms with van der Waals surface area (Å²) in [5.74, 6) is -0.754. The second-order valence-corrected chi connectivity index (χ2v) is 3.81. The van der Waals surface area contributed by atoms with Gasteiger partial charge in [-0.05, 0) is 19.8 Å². The quantitative estimate of drug-likeness (QED) is 0.675. The van der Waals surface area contributed by atoms with Crippen LogP contribution in [0.5, 0.6) is 0 Å². The van der Waals surface area contributed by atoms with Crippen LogP contribution in [0, 0.1) is 0 Å². The van der Waals surface area contributed by atoms with Crippen LogP contribution in [0.3, 0.4) is 0 Å². The Morgan fingerprint density at radius 3 is 2.65 bits per heavy atom. The molecule has 3 N–H and O–H groups in total. The van der Waals surface area contributed by atoms with E-state index in [0.717, 1.165) is 6.42 Å². The van der Waals surface area contributed by atoms with E-state index in [1.165, 1.54) is 7.11 Å². The first-order chi connectivity index (χ1) is 7.58. The van der Waals surface area contributed by atoms with E-state index in [9.17, 15) is 9.59 Å². The first kappa shape index (κ1) is 16.1. The zero-order valence-electron chi connectivity index (χ0n) is 9.97. The van der Waals surface area contributed by atoms with Crippen molar-refractivity contribution in [2.75, 3.05) is 13.7 Å². The van der Waals surface area contributed by atoms with E-state index in [2.05, 4.69) is 10.1 Å². The molecular formula is C10H19ClN2O4. The fourth-order valence-corrected chi connectivity index (χ4v) is 1.61. The highest BCUT2D eigenvalue weighted by Gasteiger charge is 2.31. The zero-order valence-corrected chi connectivity index (χ0v) is 10.8. The first-order valence-corrected chi connectivity index (χ1v) is 5.32. The van der Waals surface area contributed by atoms with Gasteiger partial charge in [-0.2, -0.15) is 0 Å². The molecule has 0 unspecified atom stereocenters. The van der Waals surface area contributed by atoms with Crippen molar-refractivity contribution in [1.29, 1.82) is 0 Å². The molecule has 1 rings (SSSR count). The van der Waals surface area contributed by atoms with Crippen LogP contribution in [0.4, 0.5) is 0 Å². The predicted octanol–water partition coefficient (Wildman–Crippen LogP) is -0.408. The molecule has 6 nitrogen and oxygen atoms in total. The maximum absolute atomic E-state index is 11.7. The average Bonchev–Trinajstić information content (AvgIpc) is 2.76. The van der Waals surface area contributed by atoms with Crippen LogP contribution in [0.2, 0.25) is 0 Å². The third kappa shape index (κ3) is 4.49. The SMILES string of the molecule is COC(=O)[C@H](C)NC(=O)[C@@H]1CC[C@H](CN)O1.Cl. The van der Waals surface area contributed by atoms with E-state index in [1.807, 2.05) is 0 Å². The summed E-state index contributed by atoms with van der Waals surface area (Å²) in [6.45, 7) is 1.98. The zero-order chi connectivity index (χ0) is 12.1. The number of hydrogen-bond donors (Lipinski definition) is 2. The number of halogens is 1. The minimum Gasteiger partial charge on any atom is -0.467 e. The maximum Gasteiger partial charge on any atom is 0.328 e. The fraction of sp³-hybridized carbons (Fsp3) is 0.800. The molecule has 0 aromatic carbocycles. The summed E-state index contributed by atoms with van der Waals surface area (Å²) in [5, 5.41) is 2.54. The van der Waals surface area contributed by atoms with E-state index in [-0.39, 0.29) is 24.4 Å². The summed E-state index contributed by atoms with van der Waals surface area (Å²) in [5.41, 5.74) is 5.44. The number of carbonyl (C=O) groups excluding carboxylic acids is 2. The van der Waals surface area contributed by atoms with Gasteiger partial charge in [0, 0.05) is 6.54 Å². The van der Waals surface area contributed by atoms with E-state index >= 15 is 0 Å². The van der Waals surface area contributed by atoms with Gasteiger partial charge in [0.2, 0.25) is 5.91 Å². The van der Waals surface area contributed by atoms with Crippen molar-refractivity contribution >= 4 is 24.3 Å². The van der Waals surface area contributed by atoms with Gasteiger partial charge in [0.1, 0.15) is 12.1 Å². The molecule has 0 aromatic heterocycles. The van der Waals surface area contributed by atoms with Crippen molar-refractivity contribution in [2.45, 2.75) is 38.0 Å². The third-order valence-electron chi connectivity index (χ3n) is 2.58. The van der Waals surface area contributed by atoms with E-state index in [4.69, 9.17) is 10.5 Å². The largest absolute Gasteiger partial charge is 0.467 e. The molecule has 1 saturated heterocycles. The lowest BCUT2D eigenvalue weighted by molar-refractivity contribution is -0.146. The van der Waals surface area contributed by atoms with Crippen molar-refractivity contribution in [2.24, 2.45) is 5.73 Å². The molecule has 1 aliphatic rings. The summed E-state index contributed by atoms with van der Waals surface area (Å²) in [7, 11) is 1.28. The summed E-state index contributed by atoms with van der Waals surface area (Å²) in [6.07, 6.45) is 0.868. The van der Waals surface area contributed by atoms with Gasteiger partial charge in [-0.3, -0.25) is 4.79 Å². The van der Waals surface area contributed by atoms with Gasteiger partial charge in [0.15, 0.2) is 0 Å². The molecule has 3 atom stereocenters. The van der Waals surface area contributed by atoms with Crippen molar-refractivity contribution in [1.82, 2.24) is 5.32 Å². The minimum absolute atomic E-state index is 0. The van der Waals surface area contributed by atoms with Crippen molar-refractivity contribution in [3.05, 3.63) is 0 Å². The van der Waals surface area contributed by atoms with E-state index in [0.29, 0.717) is 13.0 Å². The molecule has 0 radical (unpaired) electrons. The van der Waals surface area contributed by atoms with Crippen molar-refractivity contribution in [3.8, 4) is 0 Å². The number of ether oxygens (including phenoxy) is 2. The van der Waals surface area contributed by atoms with E-state index < -0.39 is 18.1 Å². The normalized spacial score (nSPS) is 24.6. The minimum atomic E-state index is -0.655. The molecule has 1 heterocycles. The Labute approximate surface area is 107 Å². The number of carbonyl (C=O) groups is 2. The average molecular weight is 267 g/mol. The summed E-state index contributed by atoms with van der Waals surface area (Å²) < 4.78 is 9.90. The smallest absolute Gasteiger partial charge is 0.328 e. The Morgan fingerprint density at radius 1 is 1.53 bits per heavy atom. The van der Waals surface area contributed by atoms with Gasteiger partial charge < -0.3 is 20.5 Å². The summed E-state index contributed by atoms with van der Waals surface area (Å²) >= 11 is 0. The second kappa shape index (κ2) is 7.47. The molecule has 0 spiro atoms. The van der Waals surface area contributed by atoms with Crippen LogP contribution in [-0.2, 0) is 19.1 Å². The number of amides is 1. The molecular weight excluding hydrogens is 248 g/mol. The fourth-order valence-electron chi connectivity index (χ4n) is 1.61. The maximum atomic E-state index is 11.7. The summed E-state index contributed by atoms with van der Waals surface area (Å²) in [4.78, 5) is 22.7. The molecule has 17 heavy (non-hydrogen) atoms. The lowest BCUT2D eigenvalue weighted by Crippen LogP contribution is -2.44. The molecule has 100 valence electrons. The number of nitrogens with two attached hydrogens (primary N) is 1. The van der Waals surface area contributed by atoms with Gasteiger partial charge >= 0.3 is 5.97 Å². The van der Waals surface area contributed by atoms with Crippen LogP contribution in [0.1, 0.15) is 19.8 Å². The van der Waals surface area contributed by atoms with Crippen LogP contribution >= 0.6 is 12.4 Å². The van der Waals surface area contributed by atoms with Gasteiger partial charge in [-0.15, -0.1) is 12.4 Å². The van der Waals surface area contributed by atoms with Gasteiger partial charge in [-0.1, -0.05) is 0 Å².